The summed E-state index contributed by atoms with van der Waals surface area (Å²) in [6, 6.07) is 6.54. The van der Waals surface area contributed by atoms with E-state index in [9.17, 15) is 4.79 Å². The van der Waals surface area contributed by atoms with Crippen molar-refractivity contribution in [3.63, 3.8) is 0 Å². The van der Waals surface area contributed by atoms with Gasteiger partial charge in [0.2, 0.25) is 11.7 Å². The van der Waals surface area contributed by atoms with E-state index >= 15 is 0 Å². The highest BCUT2D eigenvalue weighted by atomic mass is 16.5. The van der Waals surface area contributed by atoms with Gasteiger partial charge in [-0.15, -0.1) is 0 Å². The Morgan fingerprint density at radius 3 is 2.90 bits per heavy atom. The molecule has 0 bridgehead atoms. The molecule has 1 N–H and O–H groups in total. The number of carboxylic acids is 1. The molecule has 0 amide bonds. The first kappa shape index (κ1) is 14.2. The van der Waals surface area contributed by atoms with E-state index in [1.54, 1.807) is 18.2 Å². The van der Waals surface area contributed by atoms with Crippen molar-refractivity contribution in [1.29, 1.82) is 0 Å². The van der Waals surface area contributed by atoms with Gasteiger partial charge in [0.05, 0.1) is 5.56 Å². The fourth-order valence-electron chi connectivity index (χ4n) is 1.97. The van der Waals surface area contributed by atoms with E-state index in [-0.39, 0.29) is 5.56 Å². The van der Waals surface area contributed by atoms with Crippen LogP contribution in [0.15, 0.2) is 28.8 Å². The maximum absolute atomic E-state index is 10.9. The minimum absolute atomic E-state index is 0.219. The average molecular weight is 274 g/mol. The highest BCUT2D eigenvalue weighted by Crippen LogP contribution is 2.18. The number of benzene rings is 1. The normalized spacial score (nSPS) is 10.7. The molecule has 0 saturated heterocycles. The van der Waals surface area contributed by atoms with Crippen molar-refractivity contribution >= 4 is 5.97 Å². The van der Waals surface area contributed by atoms with Crippen LogP contribution in [0, 0.1) is 0 Å². The summed E-state index contributed by atoms with van der Waals surface area (Å²) >= 11 is 0. The maximum atomic E-state index is 10.9. The van der Waals surface area contributed by atoms with Crippen LogP contribution in [0.1, 0.15) is 48.9 Å². The zero-order valence-electron chi connectivity index (χ0n) is 11.5. The van der Waals surface area contributed by atoms with E-state index in [1.165, 1.54) is 18.9 Å². The molecular weight excluding hydrogens is 256 g/mol. The molecule has 2 aromatic rings. The van der Waals surface area contributed by atoms with Crippen molar-refractivity contribution in [2.45, 2.75) is 39.0 Å². The van der Waals surface area contributed by atoms with Crippen molar-refractivity contribution in [3.8, 4) is 11.4 Å². The summed E-state index contributed by atoms with van der Waals surface area (Å²) in [5.41, 5.74) is 0.880. The minimum Gasteiger partial charge on any atom is -0.478 e. The quantitative estimate of drug-likeness (QED) is 0.781. The van der Waals surface area contributed by atoms with E-state index in [0.29, 0.717) is 17.3 Å². The zero-order valence-corrected chi connectivity index (χ0v) is 11.5. The lowest BCUT2D eigenvalue weighted by molar-refractivity contribution is 0.0697. The van der Waals surface area contributed by atoms with Crippen LogP contribution in [0.25, 0.3) is 11.4 Å². The van der Waals surface area contributed by atoms with Crippen LogP contribution in [0.3, 0.4) is 0 Å². The van der Waals surface area contributed by atoms with Gasteiger partial charge in [-0.3, -0.25) is 0 Å². The topological polar surface area (TPSA) is 76.2 Å². The highest BCUT2D eigenvalue weighted by molar-refractivity contribution is 5.89. The molecule has 106 valence electrons. The van der Waals surface area contributed by atoms with Crippen LogP contribution in [0.2, 0.25) is 0 Å². The van der Waals surface area contributed by atoms with Gasteiger partial charge < -0.3 is 9.63 Å². The molecule has 0 aliphatic rings. The smallest absolute Gasteiger partial charge is 0.335 e. The van der Waals surface area contributed by atoms with Gasteiger partial charge in [-0.05, 0) is 18.6 Å². The van der Waals surface area contributed by atoms with E-state index in [2.05, 4.69) is 17.1 Å². The number of carboxylic acid groups (broad SMARTS) is 1. The molecule has 2 rings (SSSR count). The van der Waals surface area contributed by atoms with Gasteiger partial charge in [-0.1, -0.05) is 43.5 Å². The predicted octanol–water partition coefficient (Wildman–Crippen LogP) is 3.56. The fourth-order valence-corrected chi connectivity index (χ4v) is 1.97. The third-order valence-electron chi connectivity index (χ3n) is 3.08. The summed E-state index contributed by atoms with van der Waals surface area (Å²) in [4.78, 5) is 15.2. The Morgan fingerprint density at radius 1 is 1.30 bits per heavy atom. The van der Waals surface area contributed by atoms with Gasteiger partial charge >= 0.3 is 5.97 Å². The predicted molar refractivity (Wildman–Crippen MR) is 74.5 cm³/mol. The second kappa shape index (κ2) is 6.84. The van der Waals surface area contributed by atoms with Gasteiger partial charge in [0.15, 0.2) is 0 Å². The Hall–Kier alpha value is -2.17. The molecular formula is C15H18N2O3. The molecule has 0 saturated carbocycles. The number of aromatic carboxylic acids is 1. The molecule has 1 aromatic carbocycles. The van der Waals surface area contributed by atoms with Gasteiger partial charge in [-0.2, -0.15) is 4.98 Å². The molecule has 0 radical (unpaired) electrons. The molecule has 5 heteroatoms. The van der Waals surface area contributed by atoms with Gasteiger partial charge in [-0.25, -0.2) is 4.79 Å². The largest absolute Gasteiger partial charge is 0.478 e. The van der Waals surface area contributed by atoms with Gasteiger partial charge in [0.1, 0.15) is 0 Å². The first-order valence-electron chi connectivity index (χ1n) is 6.87. The lowest BCUT2D eigenvalue weighted by Crippen LogP contribution is -1.96. The van der Waals surface area contributed by atoms with Gasteiger partial charge in [0.25, 0.3) is 0 Å². The summed E-state index contributed by atoms with van der Waals surface area (Å²) in [7, 11) is 0. The number of rotatable bonds is 7. The van der Waals surface area contributed by atoms with Crippen LogP contribution in [0.5, 0.6) is 0 Å². The van der Waals surface area contributed by atoms with Crippen molar-refractivity contribution < 1.29 is 14.4 Å². The van der Waals surface area contributed by atoms with Crippen LogP contribution >= 0.6 is 0 Å². The minimum atomic E-state index is -0.963. The Morgan fingerprint density at radius 2 is 2.15 bits per heavy atom. The lowest BCUT2D eigenvalue weighted by atomic mass is 10.1. The number of aromatic nitrogens is 2. The second-order valence-electron chi connectivity index (χ2n) is 4.71. The van der Waals surface area contributed by atoms with Crippen LogP contribution in [0.4, 0.5) is 0 Å². The molecule has 1 aromatic heterocycles. The molecule has 0 fully saturated rings. The SMILES string of the molecule is CCCCCCc1nc(-c2cccc(C(=O)O)c2)no1. The lowest BCUT2D eigenvalue weighted by Gasteiger charge is -1.97. The molecule has 1 heterocycles. The average Bonchev–Trinajstić information content (AvgIpc) is 2.92. The first-order valence-corrected chi connectivity index (χ1v) is 6.87. The summed E-state index contributed by atoms with van der Waals surface area (Å²) in [5.74, 6) is 0.0885. The first-order chi connectivity index (χ1) is 9.70. The molecule has 20 heavy (non-hydrogen) atoms. The number of hydrogen-bond acceptors (Lipinski definition) is 4. The summed E-state index contributed by atoms with van der Waals surface area (Å²) in [5, 5.41) is 12.9. The van der Waals surface area contributed by atoms with E-state index < -0.39 is 5.97 Å². The Labute approximate surface area is 117 Å². The van der Waals surface area contributed by atoms with Crippen LogP contribution in [-0.2, 0) is 6.42 Å². The van der Waals surface area contributed by atoms with Crippen molar-refractivity contribution in [2.24, 2.45) is 0 Å². The third kappa shape index (κ3) is 3.66. The summed E-state index contributed by atoms with van der Waals surface area (Å²) in [6.07, 6.45) is 5.36. The Balaban J connectivity index is 2.04. The van der Waals surface area contributed by atoms with Crippen molar-refractivity contribution in [1.82, 2.24) is 10.1 Å². The fraction of sp³-hybridized carbons (Fsp3) is 0.400. The number of aryl methyl sites for hydroxylation is 1. The monoisotopic (exact) mass is 274 g/mol. The Bertz CT molecular complexity index is 578. The second-order valence-corrected chi connectivity index (χ2v) is 4.71. The maximum Gasteiger partial charge on any atom is 0.335 e. The third-order valence-corrected chi connectivity index (χ3v) is 3.08. The number of carbonyl (C=O) groups is 1. The molecule has 0 aliphatic heterocycles. The van der Waals surface area contributed by atoms with Crippen LogP contribution < -0.4 is 0 Å². The van der Waals surface area contributed by atoms with Crippen molar-refractivity contribution in [3.05, 3.63) is 35.7 Å². The van der Waals surface area contributed by atoms with E-state index in [4.69, 9.17) is 9.63 Å². The van der Waals surface area contributed by atoms with Gasteiger partial charge in [0, 0.05) is 12.0 Å². The Kier molecular flexibility index (Phi) is 4.87. The number of hydrogen-bond donors (Lipinski definition) is 1. The number of unbranched alkanes of at least 4 members (excludes halogenated alkanes) is 3. The molecule has 0 spiro atoms. The number of nitrogens with zero attached hydrogens (tertiary/aromatic N) is 2. The van der Waals surface area contributed by atoms with E-state index in [0.717, 1.165) is 19.3 Å². The van der Waals surface area contributed by atoms with Crippen molar-refractivity contribution in [2.75, 3.05) is 0 Å². The molecule has 0 atom stereocenters. The van der Waals surface area contributed by atoms with E-state index in [1.807, 2.05) is 0 Å². The van der Waals surface area contributed by atoms with Crippen LogP contribution in [-0.4, -0.2) is 21.2 Å². The summed E-state index contributed by atoms with van der Waals surface area (Å²) in [6.45, 7) is 2.17. The zero-order chi connectivity index (χ0) is 14.4. The molecule has 0 unspecified atom stereocenters. The highest BCUT2D eigenvalue weighted by Gasteiger charge is 2.10. The molecule has 5 nitrogen and oxygen atoms in total. The summed E-state index contributed by atoms with van der Waals surface area (Å²) < 4.78 is 5.19. The molecule has 0 aliphatic carbocycles. The standard InChI is InChI=1S/C15H18N2O3/c1-2-3-4-5-9-13-16-14(17-20-13)11-7-6-8-12(10-11)15(18)19/h6-8,10H,2-5,9H2,1H3,(H,18,19).